The second kappa shape index (κ2) is 8.92. The number of carbonyl (C=O) groups excluding carboxylic acids is 2. The van der Waals surface area contributed by atoms with E-state index >= 15 is 0 Å². The van der Waals surface area contributed by atoms with Crippen LogP contribution in [0.15, 0.2) is 41.8 Å². The summed E-state index contributed by atoms with van der Waals surface area (Å²) in [4.78, 5) is 24.5. The summed E-state index contributed by atoms with van der Waals surface area (Å²) in [7, 11) is 0. The van der Waals surface area contributed by atoms with E-state index in [0.717, 1.165) is 0 Å². The first-order chi connectivity index (χ1) is 11.2. The van der Waals surface area contributed by atoms with Gasteiger partial charge in [0.1, 0.15) is 12.4 Å². The maximum Gasteiger partial charge on any atom is 0.279 e. The molecule has 6 nitrogen and oxygen atoms in total. The Morgan fingerprint density at radius 1 is 1.04 bits per heavy atom. The Balaban J connectivity index is 1.92. The Morgan fingerprint density at radius 2 is 1.83 bits per heavy atom. The number of hydrogen-bond donors (Lipinski definition) is 2. The lowest BCUT2D eigenvalue weighted by Gasteiger charge is -2.12. The van der Waals surface area contributed by atoms with E-state index in [1.54, 1.807) is 41.8 Å². The number of ether oxygens (including phenoxy) is 2. The van der Waals surface area contributed by atoms with Gasteiger partial charge in [-0.1, -0.05) is 18.2 Å². The fourth-order valence-electron chi connectivity index (χ4n) is 1.79. The molecule has 2 aromatic rings. The molecule has 23 heavy (non-hydrogen) atoms. The number of amides is 2. The fourth-order valence-corrected chi connectivity index (χ4v) is 2.40. The van der Waals surface area contributed by atoms with E-state index in [4.69, 9.17) is 9.47 Å². The molecule has 1 heterocycles. The largest absolute Gasteiger partial charge is 0.490 e. The Hall–Kier alpha value is -2.38. The summed E-state index contributed by atoms with van der Waals surface area (Å²) in [6, 6.07) is 10.3. The van der Waals surface area contributed by atoms with E-state index in [1.807, 2.05) is 6.92 Å². The summed E-state index contributed by atoms with van der Waals surface area (Å²) in [6.45, 7) is 3.30. The first kappa shape index (κ1) is 17.0. The SMILES string of the molecule is CCOCCOc1ccccc1C(=O)NNC(=O)c1cccs1. The molecule has 0 saturated carbocycles. The minimum absolute atomic E-state index is 0.343. The molecular formula is C16H18N2O4S. The molecule has 0 aliphatic rings. The minimum Gasteiger partial charge on any atom is -0.490 e. The summed E-state index contributed by atoms with van der Waals surface area (Å²) in [5.74, 6) is -0.361. The van der Waals surface area contributed by atoms with Crippen LogP contribution in [0.4, 0.5) is 0 Å². The predicted octanol–water partition coefficient (Wildman–Crippen LogP) is 2.24. The van der Waals surface area contributed by atoms with Gasteiger partial charge in [0.15, 0.2) is 0 Å². The van der Waals surface area contributed by atoms with Crippen LogP contribution in [0, 0.1) is 0 Å². The van der Waals surface area contributed by atoms with Gasteiger partial charge in [-0.2, -0.15) is 0 Å². The highest BCUT2D eigenvalue weighted by molar-refractivity contribution is 7.12. The Bertz CT molecular complexity index is 643. The number of hydrazine groups is 1. The zero-order valence-electron chi connectivity index (χ0n) is 12.7. The zero-order chi connectivity index (χ0) is 16.5. The minimum atomic E-state index is -0.443. The molecule has 1 aromatic carbocycles. The molecule has 0 aliphatic heterocycles. The van der Waals surface area contributed by atoms with Crippen molar-refractivity contribution in [2.24, 2.45) is 0 Å². The summed E-state index contributed by atoms with van der Waals surface area (Å²) < 4.78 is 10.7. The van der Waals surface area contributed by atoms with Gasteiger partial charge >= 0.3 is 0 Å². The van der Waals surface area contributed by atoms with Crippen LogP contribution >= 0.6 is 11.3 Å². The molecule has 7 heteroatoms. The third-order valence-corrected chi connectivity index (χ3v) is 3.72. The van der Waals surface area contributed by atoms with Crippen molar-refractivity contribution in [1.29, 1.82) is 0 Å². The maximum absolute atomic E-state index is 12.2. The Kier molecular flexibility index (Phi) is 6.58. The van der Waals surface area contributed by atoms with Crippen molar-refractivity contribution in [3.63, 3.8) is 0 Å². The molecule has 122 valence electrons. The van der Waals surface area contributed by atoms with E-state index in [2.05, 4.69) is 10.9 Å². The van der Waals surface area contributed by atoms with Crippen molar-refractivity contribution in [2.45, 2.75) is 6.92 Å². The lowest BCUT2D eigenvalue weighted by molar-refractivity contribution is 0.0842. The summed E-state index contributed by atoms with van der Waals surface area (Å²) in [5, 5.41) is 1.79. The lowest BCUT2D eigenvalue weighted by atomic mass is 10.2. The second-order valence-electron chi connectivity index (χ2n) is 4.43. The molecule has 0 saturated heterocycles. The highest BCUT2D eigenvalue weighted by Crippen LogP contribution is 2.17. The smallest absolute Gasteiger partial charge is 0.279 e. The molecule has 2 N–H and O–H groups in total. The summed E-state index contributed by atoms with van der Waals surface area (Å²) in [5.41, 5.74) is 5.11. The summed E-state index contributed by atoms with van der Waals surface area (Å²) >= 11 is 1.30. The fraction of sp³-hybridized carbons (Fsp3) is 0.250. The van der Waals surface area contributed by atoms with Crippen LogP contribution in [0.25, 0.3) is 0 Å². The van der Waals surface area contributed by atoms with Crippen LogP contribution in [0.1, 0.15) is 27.0 Å². The van der Waals surface area contributed by atoms with Crippen molar-refractivity contribution in [2.75, 3.05) is 19.8 Å². The standard InChI is InChI=1S/C16H18N2O4S/c1-2-21-9-10-22-13-7-4-3-6-12(13)15(19)17-18-16(20)14-8-5-11-23-14/h3-8,11H,2,9-10H2,1H3,(H,17,19)(H,18,20). The third kappa shape index (κ3) is 5.08. The quantitative estimate of drug-likeness (QED) is 0.601. The van der Waals surface area contributed by atoms with E-state index in [-0.39, 0.29) is 5.91 Å². The molecule has 0 fully saturated rings. The number of benzene rings is 1. The first-order valence-corrected chi connectivity index (χ1v) is 8.04. The Morgan fingerprint density at radius 3 is 2.57 bits per heavy atom. The molecule has 2 amide bonds. The molecule has 0 aliphatic carbocycles. The van der Waals surface area contributed by atoms with Gasteiger partial charge in [0.05, 0.1) is 17.0 Å². The number of carbonyl (C=O) groups is 2. The number of thiophene rings is 1. The van der Waals surface area contributed by atoms with Crippen molar-refractivity contribution in [3.05, 3.63) is 52.2 Å². The molecule has 0 radical (unpaired) electrons. The van der Waals surface area contributed by atoms with Crippen LogP contribution in [-0.2, 0) is 4.74 Å². The van der Waals surface area contributed by atoms with Crippen molar-refractivity contribution < 1.29 is 19.1 Å². The van der Waals surface area contributed by atoms with Gasteiger partial charge in [-0.3, -0.25) is 20.4 Å². The summed E-state index contributed by atoms with van der Waals surface area (Å²) in [6.07, 6.45) is 0. The van der Waals surface area contributed by atoms with Crippen LogP contribution in [-0.4, -0.2) is 31.6 Å². The van der Waals surface area contributed by atoms with Gasteiger partial charge in [0.25, 0.3) is 11.8 Å². The van der Waals surface area contributed by atoms with Crippen LogP contribution < -0.4 is 15.6 Å². The number of para-hydroxylation sites is 1. The topological polar surface area (TPSA) is 76.7 Å². The van der Waals surface area contributed by atoms with E-state index in [1.165, 1.54) is 11.3 Å². The van der Waals surface area contributed by atoms with Crippen molar-refractivity contribution >= 4 is 23.2 Å². The number of hydrogen-bond acceptors (Lipinski definition) is 5. The number of nitrogens with one attached hydrogen (secondary N) is 2. The van der Waals surface area contributed by atoms with Crippen LogP contribution in [0.3, 0.4) is 0 Å². The van der Waals surface area contributed by atoms with Gasteiger partial charge in [-0.25, -0.2) is 0 Å². The second-order valence-corrected chi connectivity index (χ2v) is 5.37. The van der Waals surface area contributed by atoms with Crippen molar-refractivity contribution in [3.8, 4) is 5.75 Å². The molecule has 0 atom stereocenters. The van der Waals surface area contributed by atoms with Gasteiger partial charge in [0.2, 0.25) is 0 Å². The zero-order valence-corrected chi connectivity index (χ0v) is 13.5. The van der Waals surface area contributed by atoms with E-state index < -0.39 is 5.91 Å². The molecule has 1 aromatic heterocycles. The molecule has 0 unspecified atom stereocenters. The lowest BCUT2D eigenvalue weighted by Crippen LogP contribution is -2.41. The van der Waals surface area contributed by atoms with E-state index in [9.17, 15) is 9.59 Å². The van der Waals surface area contributed by atoms with E-state index in [0.29, 0.717) is 36.0 Å². The maximum atomic E-state index is 12.2. The van der Waals surface area contributed by atoms with Crippen LogP contribution in [0.2, 0.25) is 0 Å². The molecular weight excluding hydrogens is 316 g/mol. The molecule has 0 bridgehead atoms. The van der Waals surface area contributed by atoms with Gasteiger partial charge in [0, 0.05) is 6.61 Å². The number of rotatable bonds is 7. The van der Waals surface area contributed by atoms with Crippen LogP contribution in [0.5, 0.6) is 5.75 Å². The molecule has 0 spiro atoms. The van der Waals surface area contributed by atoms with Crippen molar-refractivity contribution in [1.82, 2.24) is 10.9 Å². The molecule has 2 rings (SSSR count). The predicted molar refractivity (Wildman–Crippen MR) is 87.7 cm³/mol. The van der Waals surface area contributed by atoms with Gasteiger partial charge in [-0.15, -0.1) is 11.3 Å². The first-order valence-electron chi connectivity index (χ1n) is 7.16. The average Bonchev–Trinajstić information content (AvgIpc) is 3.11. The van der Waals surface area contributed by atoms with Gasteiger partial charge in [-0.05, 0) is 30.5 Å². The Labute approximate surface area is 138 Å². The highest BCUT2D eigenvalue weighted by Gasteiger charge is 2.13. The normalized spacial score (nSPS) is 10.1. The monoisotopic (exact) mass is 334 g/mol. The highest BCUT2D eigenvalue weighted by atomic mass is 32.1. The third-order valence-electron chi connectivity index (χ3n) is 2.86. The average molecular weight is 334 g/mol. The van der Waals surface area contributed by atoms with Gasteiger partial charge < -0.3 is 9.47 Å².